The highest BCUT2D eigenvalue weighted by molar-refractivity contribution is 9.09. The van der Waals surface area contributed by atoms with Crippen molar-refractivity contribution in [2.24, 2.45) is 11.3 Å². The zero-order valence-corrected chi connectivity index (χ0v) is 12.4. The van der Waals surface area contributed by atoms with Crippen LogP contribution in [-0.2, 0) is 14.3 Å². The predicted octanol–water partition coefficient (Wildman–Crippen LogP) is 3.10. The highest BCUT2D eigenvalue weighted by atomic mass is 79.9. The predicted molar refractivity (Wildman–Crippen MR) is 70.1 cm³/mol. The molecule has 1 aliphatic rings. The van der Waals surface area contributed by atoms with E-state index in [2.05, 4.69) is 22.9 Å². The average molecular weight is 305 g/mol. The number of Topliss-reactive ketones (excluding diaryl/α,β-unsaturated/α-hetero) is 1. The van der Waals surface area contributed by atoms with E-state index >= 15 is 0 Å². The summed E-state index contributed by atoms with van der Waals surface area (Å²) in [6.07, 6.45) is 3.19. The van der Waals surface area contributed by atoms with E-state index in [4.69, 9.17) is 4.74 Å². The number of esters is 1. The first-order valence-corrected chi connectivity index (χ1v) is 7.24. The van der Waals surface area contributed by atoms with Crippen LogP contribution in [0.25, 0.3) is 0 Å². The third-order valence-electron chi connectivity index (χ3n) is 3.77. The summed E-state index contributed by atoms with van der Waals surface area (Å²) < 4.78 is 5.10. The Balaban J connectivity index is 3.00. The molecule has 1 aliphatic carbocycles. The highest BCUT2D eigenvalue weighted by Crippen LogP contribution is 2.44. The first kappa shape index (κ1) is 14.7. The van der Waals surface area contributed by atoms with Crippen LogP contribution in [0.3, 0.4) is 0 Å². The Morgan fingerprint density at radius 3 is 2.76 bits per heavy atom. The molecule has 0 bridgehead atoms. The number of hydrogen-bond acceptors (Lipinski definition) is 3. The molecule has 1 fully saturated rings. The molecule has 1 saturated carbocycles. The van der Waals surface area contributed by atoms with Gasteiger partial charge >= 0.3 is 5.97 Å². The lowest BCUT2D eigenvalue weighted by atomic mass is 9.65. The molecule has 0 unspecified atom stereocenters. The monoisotopic (exact) mass is 304 g/mol. The molecule has 3 nitrogen and oxygen atoms in total. The molecule has 0 aromatic rings. The quantitative estimate of drug-likeness (QED) is 0.455. The van der Waals surface area contributed by atoms with Crippen molar-refractivity contribution < 1.29 is 14.3 Å². The number of ether oxygens (including phenoxy) is 1. The maximum absolute atomic E-state index is 12.1. The fraction of sp³-hybridized carbons (Fsp3) is 0.846. The van der Waals surface area contributed by atoms with Crippen molar-refractivity contribution in [3.8, 4) is 0 Å². The van der Waals surface area contributed by atoms with Gasteiger partial charge in [-0.3, -0.25) is 9.59 Å². The maximum Gasteiger partial charge on any atom is 0.319 e. The number of alkyl halides is 1. The summed E-state index contributed by atoms with van der Waals surface area (Å²) in [5.41, 5.74) is -0.960. The second kappa shape index (κ2) is 5.98. The van der Waals surface area contributed by atoms with Crippen molar-refractivity contribution in [1.82, 2.24) is 0 Å². The Kier molecular flexibility index (Phi) is 5.17. The first-order chi connectivity index (χ1) is 7.98. The lowest BCUT2D eigenvalue weighted by Crippen LogP contribution is -2.49. The SMILES string of the molecule is CCOC(=O)[C@@]1(C)C(=O)CCC[C@@H]1[C@@H](Br)CC. The number of carbonyl (C=O) groups excluding carboxylic acids is 2. The second-order valence-electron chi connectivity index (χ2n) is 4.77. The molecule has 0 amide bonds. The van der Waals surface area contributed by atoms with Gasteiger partial charge in [0.15, 0.2) is 0 Å². The van der Waals surface area contributed by atoms with E-state index < -0.39 is 5.41 Å². The zero-order chi connectivity index (χ0) is 13.1. The fourth-order valence-electron chi connectivity index (χ4n) is 2.61. The van der Waals surface area contributed by atoms with Crippen molar-refractivity contribution in [3.63, 3.8) is 0 Å². The number of halogens is 1. The third-order valence-corrected chi connectivity index (χ3v) is 5.05. The third kappa shape index (κ3) is 2.72. The minimum atomic E-state index is -0.960. The van der Waals surface area contributed by atoms with Crippen LogP contribution in [0.4, 0.5) is 0 Å². The number of ketones is 1. The van der Waals surface area contributed by atoms with Gasteiger partial charge in [-0.15, -0.1) is 0 Å². The largest absolute Gasteiger partial charge is 0.465 e. The van der Waals surface area contributed by atoms with Crippen molar-refractivity contribution in [2.45, 2.75) is 51.3 Å². The zero-order valence-electron chi connectivity index (χ0n) is 10.8. The van der Waals surface area contributed by atoms with Crippen molar-refractivity contribution in [3.05, 3.63) is 0 Å². The van der Waals surface area contributed by atoms with Gasteiger partial charge < -0.3 is 4.74 Å². The van der Waals surface area contributed by atoms with Crippen LogP contribution >= 0.6 is 15.9 Å². The molecular formula is C13H21BrO3. The fourth-order valence-corrected chi connectivity index (χ4v) is 3.40. The van der Waals surface area contributed by atoms with E-state index in [9.17, 15) is 9.59 Å². The van der Waals surface area contributed by atoms with Crippen molar-refractivity contribution in [2.75, 3.05) is 6.61 Å². The van der Waals surface area contributed by atoms with Gasteiger partial charge in [0, 0.05) is 11.2 Å². The molecule has 0 aromatic carbocycles. The van der Waals surface area contributed by atoms with Gasteiger partial charge in [0.1, 0.15) is 11.2 Å². The van der Waals surface area contributed by atoms with Gasteiger partial charge in [0.2, 0.25) is 0 Å². The van der Waals surface area contributed by atoms with E-state index in [0.717, 1.165) is 19.3 Å². The lowest BCUT2D eigenvalue weighted by molar-refractivity contribution is -0.165. The molecule has 0 N–H and O–H groups in total. The summed E-state index contributed by atoms with van der Waals surface area (Å²) in [6, 6.07) is 0. The summed E-state index contributed by atoms with van der Waals surface area (Å²) in [7, 11) is 0. The van der Waals surface area contributed by atoms with E-state index in [0.29, 0.717) is 13.0 Å². The minimum absolute atomic E-state index is 0.0325. The average Bonchev–Trinajstić information content (AvgIpc) is 2.32. The molecule has 0 radical (unpaired) electrons. The molecule has 98 valence electrons. The number of carbonyl (C=O) groups is 2. The maximum atomic E-state index is 12.1. The Hall–Kier alpha value is -0.380. The highest BCUT2D eigenvalue weighted by Gasteiger charge is 2.52. The van der Waals surface area contributed by atoms with Gasteiger partial charge in [0.05, 0.1) is 6.61 Å². The van der Waals surface area contributed by atoms with Gasteiger partial charge in [-0.2, -0.15) is 0 Å². The molecule has 17 heavy (non-hydrogen) atoms. The topological polar surface area (TPSA) is 43.4 Å². The Labute approximate surface area is 111 Å². The smallest absolute Gasteiger partial charge is 0.319 e. The van der Waals surface area contributed by atoms with Crippen LogP contribution in [0.1, 0.15) is 46.5 Å². The molecule has 0 aliphatic heterocycles. The second-order valence-corrected chi connectivity index (χ2v) is 5.95. The lowest BCUT2D eigenvalue weighted by Gasteiger charge is -2.40. The summed E-state index contributed by atoms with van der Waals surface area (Å²) in [4.78, 5) is 24.4. The summed E-state index contributed by atoms with van der Waals surface area (Å²) in [6.45, 7) is 5.91. The van der Waals surface area contributed by atoms with Gasteiger partial charge in [-0.05, 0) is 39.0 Å². The molecule has 3 atom stereocenters. The van der Waals surface area contributed by atoms with E-state index in [-0.39, 0.29) is 22.5 Å². The van der Waals surface area contributed by atoms with E-state index in [1.807, 2.05) is 0 Å². The number of rotatable bonds is 4. The van der Waals surface area contributed by atoms with Crippen LogP contribution < -0.4 is 0 Å². The Morgan fingerprint density at radius 1 is 1.59 bits per heavy atom. The molecule has 1 rings (SSSR count). The van der Waals surface area contributed by atoms with Crippen molar-refractivity contribution in [1.29, 1.82) is 0 Å². The summed E-state index contributed by atoms with van der Waals surface area (Å²) in [5, 5.41) is 0. The molecule has 0 aromatic heterocycles. The summed E-state index contributed by atoms with van der Waals surface area (Å²) in [5.74, 6) is -0.273. The molecule has 0 saturated heterocycles. The van der Waals surface area contributed by atoms with Crippen LogP contribution in [0.5, 0.6) is 0 Å². The van der Waals surface area contributed by atoms with Crippen LogP contribution in [0.2, 0.25) is 0 Å². The molecular weight excluding hydrogens is 284 g/mol. The molecule has 0 spiro atoms. The summed E-state index contributed by atoms with van der Waals surface area (Å²) >= 11 is 3.60. The standard InChI is InChI=1S/C13H21BrO3/c1-4-10(14)9-7-6-8-11(15)13(9,3)12(16)17-5-2/h9-10H,4-8H2,1-3H3/t9-,10+,13-/m1/s1. The van der Waals surface area contributed by atoms with Crippen LogP contribution in [0.15, 0.2) is 0 Å². The van der Waals surface area contributed by atoms with E-state index in [1.54, 1.807) is 13.8 Å². The van der Waals surface area contributed by atoms with Crippen LogP contribution in [0, 0.1) is 11.3 Å². The molecule has 4 heteroatoms. The van der Waals surface area contributed by atoms with Crippen LogP contribution in [-0.4, -0.2) is 23.2 Å². The van der Waals surface area contributed by atoms with Gasteiger partial charge in [-0.1, -0.05) is 22.9 Å². The van der Waals surface area contributed by atoms with Gasteiger partial charge in [-0.25, -0.2) is 0 Å². The normalized spacial score (nSPS) is 31.1. The first-order valence-electron chi connectivity index (χ1n) is 6.33. The van der Waals surface area contributed by atoms with E-state index in [1.165, 1.54) is 0 Å². The molecule has 0 heterocycles. The Morgan fingerprint density at radius 2 is 2.24 bits per heavy atom. The minimum Gasteiger partial charge on any atom is -0.465 e. The van der Waals surface area contributed by atoms with Crippen molar-refractivity contribution >= 4 is 27.7 Å². The Bertz CT molecular complexity index is 303. The number of hydrogen-bond donors (Lipinski definition) is 0. The van der Waals surface area contributed by atoms with Gasteiger partial charge in [0.25, 0.3) is 0 Å².